The second kappa shape index (κ2) is 9.36. The first-order valence-electron chi connectivity index (χ1n) is 9.70. The lowest BCUT2D eigenvalue weighted by Gasteiger charge is -2.26. The van der Waals surface area contributed by atoms with E-state index in [9.17, 15) is 19.5 Å². The molecule has 1 fully saturated rings. The Morgan fingerprint density at radius 1 is 0.939 bits per heavy atom. The maximum absolute atomic E-state index is 12.9. The summed E-state index contributed by atoms with van der Waals surface area (Å²) >= 11 is 12.5. The fourth-order valence-corrected chi connectivity index (χ4v) is 3.59. The van der Waals surface area contributed by atoms with Crippen LogP contribution in [-0.2, 0) is 16.2 Å². The van der Waals surface area contributed by atoms with E-state index in [2.05, 4.69) is 5.32 Å². The van der Waals surface area contributed by atoms with Crippen molar-refractivity contribution in [2.75, 3.05) is 4.90 Å². The molecular formula is C24H16Cl2N2O5. The number of benzene rings is 3. The number of nitrogens with one attached hydrogen (secondary N) is 1. The van der Waals surface area contributed by atoms with Gasteiger partial charge in [0, 0.05) is 10.6 Å². The molecule has 9 heteroatoms. The Labute approximate surface area is 198 Å². The number of hydrogen-bond acceptors (Lipinski definition) is 5. The molecule has 0 radical (unpaired) electrons. The van der Waals surface area contributed by atoms with Crippen LogP contribution >= 0.6 is 23.2 Å². The molecule has 2 N–H and O–H groups in total. The molecular weight excluding hydrogens is 467 g/mol. The van der Waals surface area contributed by atoms with Crippen LogP contribution in [-0.4, -0.2) is 23.0 Å². The first-order valence-corrected chi connectivity index (χ1v) is 10.5. The number of aromatic hydroxyl groups is 1. The molecule has 0 unspecified atom stereocenters. The average Bonchev–Trinajstić information content (AvgIpc) is 2.78. The van der Waals surface area contributed by atoms with Gasteiger partial charge in [-0.2, -0.15) is 0 Å². The van der Waals surface area contributed by atoms with Gasteiger partial charge in [-0.3, -0.25) is 14.9 Å². The largest absolute Gasteiger partial charge is 0.508 e. The third kappa shape index (κ3) is 4.84. The molecule has 1 aliphatic rings. The van der Waals surface area contributed by atoms with Crippen LogP contribution in [0.15, 0.2) is 72.3 Å². The fraction of sp³-hybridized carbons (Fsp3) is 0.0417. The van der Waals surface area contributed by atoms with E-state index in [1.54, 1.807) is 24.3 Å². The summed E-state index contributed by atoms with van der Waals surface area (Å²) in [4.78, 5) is 38.3. The first-order chi connectivity index (χ1) is 15.8. The van der Waals surface area contributed by atoms with Crippen LogP contribution in [0, 0.1) is 0 Å². The molecule has 3 aromatic rings. The lowest BCUT2D eigenvalue weighted by atomic mass is 10.1. The van der Waals surface area contributed by atoms with Crippen molar-refractivity contribution in [2.24, 2.45) is 0 Å². The van der Waals surface area contributed by atoms with E-state index in [1.807, 2.05) is 18.2 Å². The zero-order chi connectivity index (χ0) is 23.5. The van der Waals surface area contributed by atoms with E-state index < -0.39 is 17.8 Å². The number of carbonyl (C=O) groups is 3. The van der Waals surface area contributed by atoms with Crippen LogP contribution < -0.4 is 15.0 Å². The number of urea groups is 1. The smallest absolute Gasteiger partial charge is 0.335 e. The summed E-state index contributed by atoms with van der Waals surface area (Å²) in [5.74, 6) is -1.25. The molecule has 166 valence electrons. The van der Waals surface area contributed by atoms with Crippen molar-refractivity contribution in [1.82, 2.24) is 5.32 Å². The molecule has 3 aromatic carbocycles. The molecule has 1 heterocycles. The van der Waals surface area contributed by atoms with Gasteiger partial charge in [-0.1, -0.05) is 47.5 Å². The number of anilines is 1. The number of barbiturate groups is 1. The van der Waals surface area contributed by atoms with E-state index in [4.69, 9.17) is 27.9 Å². The number of rotatable bonds is 5. The summed E-state index contributed by atoms with van der Waals surface area (Å²) in [6.45, 7) is 0.213. The number of halogens is 2. The maximum Gasteiger partial charge on any atom is 0.335 e. The summed E-state index contributed by atoms with van der Waals surface area (Å²) in [5.41, 5.74) is 1.21. The van der Waals surface area contributed by atoms with E-state index in [-0.39, 0.29) is 28.6 Å². The van der Waals surface area contributed by atoms with Crippen molar-refractivity contribution < 1.29 is 24.2 Å². The third-order valence-electron chi connectivity index (χ3n) is 4.82. The van der Waals surface area contributed by atoms with Gasteiger partial charge in [0.15, 0.2) is 0 Å². The van der Waals surface area contributed by atoms with Gasteiger partial charge in [0.25, 0.3) is 11.8 Å². The minimum absolute atomic E-state index is 0.0260. The van der Waals surface area contributed by atoms with Gasteiger partial charge in [0.2, 0.25) is 0 Å². The highest BCUT2D eigenvalue weighted by molar-refractivity contribution is 6.39. The highest BCUT2D eigenvalue weighted by Gasteiger charge is 2.36. The topological polar surface area (TPSA) is 95.9 Å². The number of phenolic OH excluding ortho intramolecular Hbond substituents is 1. The standard InChI is InChI=1S/C24H16Cl2N2O5/c25-19-4-2-1-3-15(19)13-33-21-10-5-14(12-20(21)26)11-18-22(30)27-24(32)28(23(18)31)16-6-8-17(29)9-7-16/h1-12,29H,13H2,(H,27,30,32). The highest BCUT2D eigenvalue weighted by atomic mass is 35.5. The van der Waals surface area contributed by atoms with Gasteiger partial charge in [0.05, 0.1) is 10.7 Å². The fourth-order valence-electron chi connectivity index (χ4n) is 3.16. The SMILES string of the molecule is O=C1NC(=O)N(c2ccc(O)cc2)C(=O)C1=Cc1ccc(OCc2ccccc2Cl)c(Cl)c1. The maximum atomic E-state index is 12.9. The monoisotopic (exact) mass is 482 g/mol. The molecule has 33 heavy (non-hydrogen) atoms. The Morgan fingerprint density at radius 3 is 2.36 bits per heavy atom. The summed E-state index contributed by atoms with van der Waals surface area (Å²) in [6.07, 6.45) is 1.33. The zero-order valence-electron chi connectivity index (χ0n) is 16.9. The van der Waals surface area contributed by atoms with Gasteiger partial charge in [0.1, 0.15) is 23.7 Å². The Morgan fingerprint density at radius 2 is 1.67 bits per heavy atom. The lowest BCUT2D eigenvalue weighted by Crippen LogP contribution is -2.54. The van der Waals surface area contributed by atoms with Crippen molar-refractivity contribution in [1.29, 1.82) is 0 Å². The van der Waals surface area contributed by atoms with Gasteiger partial charge in [-0.05, 0) is 54.1 Å². The molecule has 0 spiro atoms. The van der Waals surface area contributed by atoms with Gasteiger partial charge < -0.3 is 9.84 Å². The van der Waals surface area contributed by atoms with Gasteiger partial charge >= 0.3 is 6.03 Å². The van der Waals surface area contributed by atoms with Crippen LogP contribution in [0.3, 0.4) is 0 Å². The summed E-state index contributed by atoms with van der Waals surface area (Å²) in [5, 5.41) is 12.4. The lowest BCUT2D eigenvalue weighted by molar-refractivity contribution is -0.122. The average molecular weight is 483 g/mol. The minimum Gasteiger partial charge on any atom is -0.508 e. The molecule has 7 nitrogen and oxygen atoms in total. The zero-order valence-corrected chi connectivity index (χ0v) is 18.4. The van der Waals surface area contributed by atoms with Crippen molar-refractivity contribution in [3.63, 3.8) is 0 Å². The molecule has 0 saturated carbocycles. The van der Waals surface area contributed by atoms with Gasteiger partial charge in [-0.25, -0.2) is 9.69 Å². The molecule has 4 amide bonds. The number of hydrogen-bond donors (Lipinski definition) is 2. The van der Waals surface area contributed by atoms with Crippen LogP contribution in [0.1, 0.15) is 11.1 Å². The summed E-state index contributed by atoms with van der Waals surface area (Å²) < 4.78 is 5.73. The van der Waals surface area contributed by atoms with Crippen LogP contribution in [0.5, 0.6) is 11.5 Å². The Balaban J connectivity index is 1.57. The second-order valence-electron chi connectivity index (χ2n) is 7.04. The molecule has 0 atom stereocenters. The van der Waals surface area contributed by atoms with Crippen molar-refractivity contribution in [3.8, 4) is 11.5 Å². The summed E-state index contributed by atoms with van der Waals surface area (Å²) in [6, 6.07) is 16.6. The van der Waals surface area contributed by atoms with E-state index in [1.165, 1.54) is 30.3 Å². The van der Waals surface area contributed by atoms with Gasteiger partial charge in [-0.15, -0.1) is 0 Å². The number of ether oxygens (including phenoxy) is 1. The molecule has 4 rings (SSSR count). The first kappa shape index (κ1) is 22.4. The number of imide groups is 2. The number of carbonyl (C=O) groups excluding carboxylic acids is 3. The highest BCUT2D eigenvalue weighted by Crippen LogP contribution is 2.29. The quantitative estimate of drug-likeness (QED) is 0.396. The Hall–Kier alpha value is -3.81. The number of phenols is 1. The molecule has 0 bridgehead atoms. The minimum atomic E-state index is -0.880. The molecule has 0 aliphatic carbocycles. The van der Waals surface area contributed by atoms with E-state index >= 15 is 0 Å². The van der Waals surface area contributed by atoms with E-state index in [0.717, 1.165) is 10.5 Å². The van der Waals surface area contributed by atoms with Crippen LogP contribution in [0.2, 0.25) is 10.0 Å². The Bertz CT molecular complexity index is 1290. The van der Waals surface area contributed by atoms with Crippen LogP contribution in [0.4, 0.5) is 10.5 Å². The van der Waals surface area contributed by atoms with Crippen molar-refractivity contribution in [3.05, 3.63) is 93.5 Å². The van der Waals surface area contributed by atoms with Crippen LogP contribution in [0.25, 0.3) is 6.08 Å². The normalized spacial score (nSPS) is 15.0. The predicted octanol–water partition coefficient (Wildman–Crippen LogP) is 4.94. The van der Waals surface area contributed by atoms with Crippen molar-refractivity contribution >= 4 is 52.8 Å². The predicted molar refractivity (Wildman–Crippen MR) is 124 cm³/mol. The molecule has 0 aromatic heterocycles. The number of nitrogens with zero attached hydrogens (tertiary/aromatic N) is 1. The molecule has 1 aliphatic heterocycles. The second-order valence-corrected chi connectivity index (χ2v) is 7.86. The number of amides is 4. The van der Waals surface area contributed by atoms with Crippen molar-refractivity contribution in [2.45, 2.75) is 6.61 Å². The third-order valence-corrected chi connectivity index (χ3v) is 5.48. The summed E-state index contributed by atoms with van der Waals surface area (Å²) in [7, 11) is 0. The molecule has 1 saturated heterocycles. The Kier molecular flexibility index (Phi) is 6.35. The van der Waals surface area contributed by atoms with E-state index in [0.29, 0.717) is 16.3 Å².